The average Bonchev–Trinajstić information content (AvgIpc) is 3.86. The lowest BCUT2D eigenvalue weighted by molar-refractivity contribution is -0.696. The van der Waals surface area contributed by atoms with Gasteiger partial charge < -0.3 is 16.0 Å². The Kier molecular flexibility index (Phi) is 17.9. The molecule has 0 unspecified atom stereocenters. The highest BCUT2D eigenvalue weighted by Crippen LogP contribution is 2.21. The molecule has 0 amide bonds. The number of anilines is 2. The molecule has 0 aliphatic heterocycles. The predicted molar refractivity (Wildman–Crippen MR) is 239 cm³/mol. The lowest BCUT2D eigenvalue weighted by atomic mass is 10.1. The summed E-state index contributed by atoms with van der Waals surface area (Å²) in [6, 6.07) is 21.5. The van der Waals surface area contributed by atoms with Crippen LogP contribution in [0.25, 0.3) is 18.2 Å². The fraction of sp³-hybridized carbons (Fsp3) is 0.279. The standard InChI is InChI=1S/C43H53IN8S2/c1-45-22-17-41(35-44)8-7-39-11-15-43(16-12-39)47-21-4-24-50-28-30-52(37-50)32-34-54-53-33-31-51-29-27-49(36-51)23-3-20-46-42-13-9-38(10-14-42)5-6-40-18-25-48(2)26-19-40/h5-19,22,25-30,35-37,45,47H,3-4,20-21,23-24,31-34H2,1-2H3/q+2/p+1/b8-7+,22-17-,41-35-. The molecule has 5 rings (SSSR count). The predicted octanol–water partition coefficient (Wildman–Crippen LogP) is 8.01. The van der Waals surface area contributed by atoms with Gasteiger partial charge in [-0.15, -0.1) is 0 Å². The largest absolute Gasteiger partial charge is 0.394 e. The van der Waals surface area contributed by atoms with E-state index in [2.05, 4.69) is 202 Å². The second-order valence-electron chi connectivity index (χ2n) is 12.9. The van der Waals surface area contributed by atoms with Crippen LogP contribution in [0.2, 0.25) is 0 Å². The van der Waals surface area contributed by atoms with E-state index in [9.17, 15) is 0 Å². The van der Waals surface area contributed by atoms with E-state index in [0.29, 0.717) is 0 Å². The second-order valence-corrected chi connectivity index (χ2v) is 16.2. The molecule has 8 nitrogen and oxygen atoms in total. The van der Waals surface area contributed by atoms with Crippen molar-refractivity contribution in [2.24, 2.45) is 7.05 Å². The van der Waals surface area contributed by atoms with Gasteiger partial charge in [-0.3, -0.25) is 0 Å². The van der Waals surface area contributed by atoms with Gasteiger partial charge in [-0.1, -0.05) is 92.7 Å². The number of hydrogen-bond donors (Lipinski definition) is 3. The fourth-order valence-corrected chi connectivity index (χ4v) is 7.91. The van der Waals surface area contributed by atoms with Crippen LogP contribution >= 0.6 is 44.2 Å². The Labute approximate surface area is 343 Å². The molecule has 282 valence electrons. The minimum absolute atomic E-state index is 0.943. The van der Waals surface area contributed by atoms with Gasteiger partial charge in [-0.2, -0.15) is 0 Å². The molecule has 0 aliphatic carbocycles. The fourth-order valence-electron chi connectivity index (χ4n) is 5.54. The summed E-state index contributed by atoms with van der Waals surface area (Å²) in [5.74, 6) is 2.19. The van der Waals surface area contributed by atoms with Gasteiger partial charge in [0.15, 0.2) is 12.4 Å². The SMILES string of the molecule is CN\C=C/C(=C\I)/C=C/c1ccc(NCCC[n+]2ccn(CCSSCCn3cc[n+](CCCNc4ccc(/C=C/c5cc[n+](C)cc5)cc4)c3)c2)cc1. The van der Waals surface area contributed by atoms with Crippen molar-refractivity contribution in [2.45, 2.75) is 39.0 Å². The van der Waals surface area contributed by atoms with Crippen molar-refractivity contribution in [1.82, 2.24) is 14.5 Å². The van der Waals surface area contributed by atoms with E-state index < -0.39 is 0 Å². The van der Waals surface area contributed by atoms with Gasteiger partial charge in [-0.25, -0.2) is 22.8 Å². The van der Waals surface area contributed by atoms with Crippen LogP contribution in [0.3, 0.4) is 0 Å². The first kappa shape index (κ1) is 41.0. The van der Waals surface area contributed by atoms with E-state index in [1.54, 1.807) is 0 Å². The molecule has 2 aromatic carbocycles. The molecule has 0 radical (unpaired) electrons. The van der Waals surface area contributed by atoms with Crippen molar-refractivity contribution in [2.75, 3.05) is 42.3 Å². The van der Waals surface area contributed by atoms with E-state index in [4.69, 9.17) is 0 Å². The summed E-state index contributed by atoms with van der Waals surface area (Å²) in [5, 5.41) is 10.1. The van der Waals surface area contributed by atoms with E-state index in [0.717, 1.165) is 80.6 Å². The molecule has 3 aromatic heterocycles. The molecule has 0 bridgehead atoms. The van der Waals surface area contributed by atoms with Crippen molar-refractivity contribution in [3.8, 4) is 0 Å². The van der Waals surface area contributed by atoms with Gasteiger partial charge in [0.1, 0.15) is 31.8 Å². The molecular formula is C43H54IN8S2+3. The van der Waals surface area contributed by atoms with Crippen molar-refractivity contribution >= 4 is 73.8 Å². The van der Waals surface area contributed by atoms with Crippen LogP contribution in [0.5, 0.6) is 0 Å². The summed E-state index contributed by atoms with van der Waals surface area (Å²) in [6.45, 7) is 5.95. The maximum absolute atomic E-state index is 3.56. The quantitative estimate of drug-likeness (QED) is 0.0204. The molecule has 54 heavy (non-hydrogen) atoms. The first-order chi connectivity index (χ1) is 26.6. The lowest BCUT2D eigenvalue weighted by Gasteiger charge is -2.06. The van der Waals surface area contributed by atoms with E-state index in [-0.39, 0.29) is 0 Å². The highest BCUT2D eigenvalue weighted by Gasteiger charge is 2.06. The van der Waals surface area contributed by atoms with E-state index in [1.807, 2.05) is 46.5 Å². The van der Waals surface area contributed by atoms with Crippen molar-refractivity contribution in [1.29, 1.82) is 0 Å². The Morgan fingerprint density at radius 1 is 0.667 bits per heavy atom. The van der Waals surface area contributed by atoms with E-state index in [1.165, 1.54) is 16.7 Å². The zero-order valence-electron chi connectivity index (χ0n) is 31.4. The minimum Gasteiger partial charge on any atom is -0.394 e. The topological polar surface area (TPSA) is 57.6 Å². The Morgan fingerprint density at radius 2 is 1.17 bits per heavy atom. The zero-order valence-corrected chi connectivity index (χ0v) is 35.2. The lowest BCUT2D eigenvalue weighted by Crippen LogP contribution is -2.32. The Morgan fingerprint density at radius 3 is 1.67 bits per heavy atom. The third-order valence-electron chi connectivity index (χ3n) is 8.62. The van der Waals surface area contributed by atoms with Crippen LogP contribution in [0.15, 0.2) is 139 Å². The van der Waals surface area contributed by atoms with Crippen molar-refractivity contribution in [3.05, 3.63) is 155 Å². The Bertz CT molecular complexity index is 1930. The summed E-state index contributed by atoms with van der Waals surface area (Å²) in [7, 11) is 7.86. The first-order valence-corrected chi connectivity index (χ1v) is 22.3. The number of aryl methyl sites for hydroxylation is 5. The number of hydrogen-bond acceptors (Lipinski definition) is 5. The molecule has 0 atom stereocenters. The number of nitrogens with one attached hydrogen (secondary N) is 3. The number of pyridine rings is 1. The second kappa shape index (κ2) is 23.6. The van der Waals surface area contributed by atoms with Gasteiger partial charge >= 0.3 is 0 Å². The van der Waals surface area contributed by atoms with Crippen LogP contribution in [0.4, 0.5) is 11.4 Å². The molecule has 3 heterocycles. The Balaban J connectivity index is 0.874. The van der Waals surface area contributed by atoms with Crippen molar-refractivity contribution < 1.29 is 13.7 Å². The average molecular weight is 874 g/mol. The molecule has 5 aromatic rings. The van der Waals surface area contributed by atoms with Gasteiger partial charge in [0.05, 0.1) is 26.2 Å². The van der Waals surface area contributed by atoms with Gasteiger partial charge in [-0.05, 0) is 62.9 Å². The summed E-state index contributed by atoms with van der Waals surface area (Å²) in [4.78, 5) is 0. The molecule has 3 N–H and O–H groups in total. The summed E-state index contributed by atoms with van der Waals surface area (Å²) in [6.07, 6.45) is 32.0. The molecule has 0 saturated heterocycles. The Hall–Kier alpha value is -4.20. The van der Waals surface area contributed by atoms with Gasteiger partial charge in [0.2, 0.25) is 12.7 Å². The number of halogens is 1. The third-order valence-corrected chi connectivity index (χ3v) is 11.7. The number of aromatic nitrogens is 5. The highest BCUT2D eigenvalue weighted by molar-refractivity contribution is 14.1. The van der Waals surface area contributed by atoms with Crippen molar-refractivity contribution in [3.63, 3.8) is 0 Å². The first-order valence-electron chi connectivity index (χ1n) is 18.5. The monoisotopic (exact) mass is 873 g/mol. The highest BCUT2D eigenvalue weighted by atomic mass is 127. The van der Waals surface area contributed by atoms with Crippen LogP contribution in [-0.2, 0) is 33.2 Å². The van der Waals surface area contributed by atoms with Gasteiger partial charge in [0.25, 0.3) is 0 Å². The maximum Gasteiger partial charge on any atom is 0.243 e. The molecule has 0 aliphatic rings. The number of allylic oxidation sites excluding steroid dienone is 3. The molecule has 0 fully saturated rings. The molecule has 0 saturated carbocycles. The number of benzene rings is 2. The number of rotatable bonds is 23. The number of nitrogens with zero attached hydrogens (tertiary/aromatic N) is 5. The van der Waals surface area contributed by atoms with Gasteiger partial charge in [0, 0.05) is 68.0 Å². The smallest absolute Gasteiger partial charge is 0.243 e. The normalized spacial score (nSPS) is 12.0. The minimum atomic E-state index is 0.943. The molecule has 11 heteroatoms. The van der Waals surface area contributed by atoms with Crippen LogP contribution < -0.4 is 29.7 Å². The summed E-state index contributed by atoms with van der Waals surface area (Å²) in [5.41, 5.74) is 7.07. The maximum atomic E-state index is 3.56. The number of imidazole rings is 2. The summed E-state index contributed by atoms with van der Waals surface area (Å²) >= 11 is 2.27. The zero-order chi connectivity index (χ0) is 37.6. The van der Waals surface area contributed by atoms with Crippen LogP contribution in [-0.4, -0.2) is 40.8 Å². The molecular weight excluding hydrogens is 820 g/mol. The summed E-state index contributed by atoms with van der Waals surface area (Å²) < 4.78 is 13.3. The molecule has 0 spiro atoms. The van der Waals surface area contributed by atoms with Crippen LogP contribution in [0, 0.1) is 0 Å². The third kappa shape index (κ3) is 15.3. The van der Waals surface area contributed by atoms with Crippen LogP contribution in [0.1, 0.15) is 29.5 Å². The van der Waals surface area contributed by atoms with E-state index >= 15 is 0 Å².